The first-order valence-electron chi connectivity index (χ1n) is 10.7. The summed E-state index contributed by atoms with van der Waals surface area (Å²) in [5, 5.41) is 3.61. The number of nitrogens with zero attached hydrogens (tertiary/aromatic N) is 2. The van der Waals surface area contributed by atoms with Crippen LogP contribution < -0.4 is 10.7 Å². The fourth-order valence-corrected chi connectivity index (χ4v) is 3.77. The number of aromatic nitrogens is 1. The number of nitrogens with one attached hydrogen (secondary N) is 2. The van der Waals surface area contributed by atoms with Crippen molar-refractivity contribution < 1.29 is 18.4 Å². The molecular weight excluding hydrogens is 462 g/mol. The molecule has 0 spiro atoms. The van der Waals surface area contributed by atoms with E-state index in [9.17, 15) is 18.4 Å². The van der Waals surface area contributed by atoms with Crippen molar-refractivity contribution in [1.82, 2.24) is 20.7 Å². The number of hydrazine groups is 1. The van der Waals surface area contributed by atoms with Gasteiger partial charge in [0.05, 0.1) is 16.8 Å². The van der Waals surface area contributed by atoms with Crippen LogP contribution in [-0.2, 0) is 0 Å². The topological polar surface area (TPSA) is 74.3 Å². The SMILES string of the molecule is CCN(NC(=O)c1cc(C)cc(C)c1)C(=O)NC(C)c1ncc(-c2cccc(F)c2Cl)cc1F. The Kier molecular flexibility index (Phi) is 7.83. The average Bonchev–Trinajstić information content (AvgIpc) is 2.78. The van der Waals surface area contributed by atoms with Gasteiger partial charge in [0.25, 0.3) is 5.91 Å². The van der Waals surface area contributed by atoms with Crippen LogP contribution in [0.25, 0.3) is 11.1 Å². The number of aryl methyl sites for hydroxylation is 2. The number of carbonyl (C=O) groups excluding carboxylic acids is 2. The Morgan fingerprint density at radius 2 is 1.76 bits per heavy atom. The second-order valence-corrected chi connectivity index (χ2v) is 8.30. The van der Waals surface area contributed by atoms with Crippen LogP contribution in [0.1, 0.15) is 47.1 Å². The predicted molar refractivity (Wildman–Crippen MR) is 127 cm³/mol. The van der Waals surface area contributed by atoms with E-state index in [4.69, 9.17) is 11.6 Å². The lowest BCUT2D eigenvalue weighted by molar-refractivity contribution is 0.0829. The highest BCUT2D eigenvalue weighted by Gasteiger charge is 2.21. The molecular formula is C25H25ClF2N4O2. The molecule has 0 saturated heterocycles. The van der Waals surface area contributed by atoms with Crippen LogP contribution >= 0.6 is 11.6 Å². The molecule has 1 heterocycles. The number of amides is 3. The summed E-state index contributed by atoms with van der Waals surface area (Å²) in [6.45, 7) is 7.21. The minimum atomic E-state index is -0.809. The van der Waals surface area contributed by atoms with Crippen molar-refractivity contribution in [2.24, 2.45) is 0 Å². The first-order valence-corrected chi connectivity index (χ1v) is 11.1. The van der Waals surface area contributed by atoms with E-state index in [-0.39, 0.29) is 17.3 Å². The van der Waals surface area contributed by atoms with Gasteiger partial charge >= 0.3 is 6.03 Å². The fourth-order valence-electron chi connectivity index (χ4n) is 3.54. The maximum Gasteiger partial charge on any atom is 0.336 e. The van der Waals surface area contributed by atoms with Crippen molar-refractivity contribution in [3.63, 3.8) is 0 Å². The number of hydrogen-bond acceptors (Lipinski definition) is 3. The van der Waals surface area contributed by atoms with E-state index in [0.29, 0.717) is 16.7 Å². The van der Waals surface area contributed by atoms with Crippen molar-refractivity contribution in [2.75, 3.05) is 6.54 Å². The van der Waals surface area contributed by atoms with E-state index < -0.39 is 29.6 Å². The molecule has 1 aromatic heterocycles. The van der Waals surface area contributed by atoms with Gasteiger partial charge in [-0.15, -0.1) is 0 Å². The molecule has 0 bridgehead atoms. The lowest BCUT2D eigenvalue weighted by Gasteiger charge is -2.24. The molecule has 6 nitrogen and oxygen atoms in total. The Morgan fingerprint density at radius 3 is 2.38 bits per heavy atom. The number of pyridine rings is 1. The second kappa shape index (κ2) is 10.6. The van der Waals surface area contributed by atoms with Crippen molar-refractivity contribution in [1.29, 1.82) is 0 Å². The molecule has 0 radical (unpaired) electrons. The summed E-state index contributed by atoms with van der Waals surface area (Å²) >= 11 is 5.98. The zero-order valence-electron chi connectivity index (χ0n) is 19.2. The summed E-state index contributed by atoms with van der Waals surface area (Å²) < 4.78 is 28.6. The predicted octanol–water partition coefficient (Wildman–Crippen LogP) is 5.73. The summed E-state index contributed by atoms with van der Waals surface area (Å²) in [7, 11) is 0. The summed E-state index contributed by atoms with van der Waals surface area (Å²) in [4.78, 5) is 29.5. The summed E-state index contributed by atoms with van der Waals surface area (Å²) in [6, 6.07) is 9.39. The molecule has 0 saturated carbocycles. The van der Waals surface area contributed by atoms with E-state index in [1.165, 1.54) is 24.4 Å². The fraction of sp³-hybridized carbons (Fsp3) is 0.240. The van der Waals surface area contributed by atoms with Crippen LogP contribution in [0, 0.1) is 25.5 Å². The summed E-state index contributed by atoms with van der Waals surface area (Å²) in [5.74, 6) is -1.74. The molecule has 1 atom stereocenters. The number of benzene rings is 2. The van der Waals surface area contributed by atoms with Gasteiger partial charge in [0, 0.05) is 29.4 Å². The molecule has 0 aliphatic rings. The monoisotopic (exact) mass is 486 g/mol. The van der Waals surface area contributed by atoms with Crippen molar-refractivity contribution >= 4 is 23.5 Å². The quantitative estimate of drug-likeness (QED) is 0.452. The molecule has 1 unspecified atom stereocenters. The number of carbonyl (C=O) groups is 2. The Morgan fingerprint density at radius 1 is 1.09 bits per heavy atom. The molecule has 0 aliphatic carbocycles. The van der Waals surface area contributed by atoms with Crippen molar-refractivity contribution in [3.05, 3.63) is 87.7 Å². The van der Waals surface area contributed by atoms with Gasteiger partial charge < -0.3 is 5.32 Å². The normalized spacial score (nSPS) is 11.6. The van der Waals surface area contributed by atoms with Gasteiger partial charge in [-0.1, -0.05) is 40.9 Å². The van der Waals surface area contributed by atoms with E-state index in [2.05, 4.69) is 15.7 Å². The first kappa shape index (κ1) is 25.1. The zero-order valence-corrected chi connectivity index (χ0v) is 20.0. The van der Waals surface area contributed by atoms with E-state index in [0.717, 1.165) is 16.1 Å². The third-order valence-corrected chi connectivity index (χ3v) is 5.55. The lowest BCUT2D eigenvalue weighted by atomic mass is 10.1. The zero-order chi connectivity index (χ0) is 25.0. The summed E-state index contributed by atoms with van der Waals surface area (Å²) in [5.41, 5.74) is 5.45. The van der Waals surface area contributed by atoms with Gasteiger partial charge in [0.1, 0.15) is 11.6 Å². The third-order valence-electron chi connectivity index (χ3n) is 5.16. The highest BCUT2D eigenvalue weighted by Crippen LogP contribution is 2.30. The van der Waals surface area contributed by atoms with Crippen LogP contribution in [0.15, 0.2) is 48.7 Å². The van der Waals surface area contributed by atoms with Crippen LogP contribution in [-0.4, -0.2) is 28.5 Å². The minimum absolute atomic E-state index is 0.0127. The maximum atomic E-state index is 14.8. The van der Waals surface area contributed by atoms with Gasteiger partial charge in [-0.25, -0.2) is 18.6 Å². The molecule has 3 aromatic rings. The van der Waals surface area contributed by atoms with Crippen LogP contribution in [0.3, 0.4) is 0 Å². The highest BCUT2D eigenvalue weighted by atomic mass is 35.5. The Hall–Kier alpha value is -3.52. The number of urea groups is 1. The van der Waals surface area contributed by atoms with Gasteiger partial charge in [-0.05, 0) is 52.0 Å². The molecule has 0 aliphatic heterocycles. The van der Waals surface area contributed by atoms with E-state index >= 15 is 0 Å². The molecule has 2 aromatic carbocycles. The van der Waals surface area contributed by atoms with Crippen LogP contribution in [0.5, 0.6) is 0 Å². The van der Waals surface area contributed by atoms with Gasteiger partial charge in [0.2, 0.25) is 0 Å². The first-order chi connectivity index (χ1) is 16.1. The van der Waals surface area contributed by atoms with Crippen molar-refractivity contribution in [3.8, 4) is 11.1 Å². The highest BCUT2D eigenvalue weighted by molar-refractivity contribution is 6.33. The Labute approximate surface area is 201 Å². The largest absolute Gasteiger partial charge is 0.336 e. The second-order valence-electron chi connectivity index (χ2n) is 7.93. The number of halogens is 3. The summed E-state index contributed by atoms with van der Waals surface area (Å²) in [6.07, 6.45) is 1.36. The minimum Gasteiger partial charge on any atom is -0.328 e. The molecule has 9 heteroatoms. The van der Waals surface area contributed by atoms with Gasteiger partial charge in [-0.3, -0.25) is 15.2 Å². The van der Waals surface area contributed by atoms with Crippen LogP contribution in [0.4, 0.5) is 13.6 Å². The molecule has 34 heavy (non-hydrogen) atoms. The van der Waals surface area contributed by atoms with Crippen LogP contribution in [0.2, 0.25) is 5.02 Å². The van der Waals surface area contributed by atoms with Crippen molar-refractivity contribution in [2.45, 2.75) is 33.7 Å². The molecule has 3 rings (SSSR count). The Balaban J connectivity index is 1.72. The smallest absolute Gasteiger partial charge is 0.328 e. The molecule has 2 N–H and O–H groups in total. The number of rotatable bonds is 5. The third kappa shape index (κ3) is 5.69. The van der Waals surface area contributed by atoms with Gasteiger partial charge in [-0.2, -0.15) is 0 Å². The van der Waals surface area contributed by atoms with E-state index in [1.54, 1.807) is 32.0 Å². The molecule has 0 fully saturated rings. The number of hydrogen-bond donors (Lipinski definition) is 2. The van der Waals surface area contributed by atoms with E-state index in [1.807, 2.05) is 19.9 Å². The Bertz CT molecular complexity index is 1220. The lowest BCUT2D eigenvalue weighted by Crippen LogP contribution is -2.51. The molecule has 3 amide bonds. The standard InChI is InChI=1S/C25H25ClF2N4O2/c1-5-32(31-24(33)17-10-14(2)9-15(3)11-17)25(34)30-16(4)23-21(28)12-18(13-29-23)19-7-6-8-20(27)22(19)26/h6-13,16H,5H2,1-4H3,(H,30,34)(H,31,33). The average molecular weight is 487 g/mol. The molecule has 178 valence electrons. The maximum absolute atomic E-state index is 14.8. The van der Waals surface area contributed by atoms with Gasteiger partial charge in [0.15, 0.2) is 0 Å².